The van der Waals surface area contributed by atoms with E-state index in [0.29, 0.717) is 18.0 Å². The van der Waals surface area contributed by atoms with Gasteiger partial charge in [0.2, 0.25) is 0 Å². The summed E-state index contributed by atoms with van der Waals surface area (Å²) in [5.41, 5.74) is 0.598. The molecule has 0 bridgehead atoms. The number of benzene rings is 1. The van der Waals surface area contributed by atoms with Gasteiger partial charge in [-0.1, -0.05) is 19.1 Å². The van der Waals surface area contributed by atoms with Gasteiger partial charge in [0.1, 0.15) is 0 Å². The van der Waals surface area contributed by atoms with Gasteiger partial charge in [0.25, 0.3) is 0 Å². The maximum Gasteiger partial charge on any atom is 0.169 e. The summed E-state index contributed by atoms with van der Waals surface area (Å²) in [5, 5.41) is 11.9. The van der Waals surface area contributed by atoms with Crippen molar-refractivity contribution in [2.75, 3.05) is 20.3 Å². The van der Waals surface area contributed by atoms with Crippen LogP contribution in [0.15, 0.2) is 18.2 Å². The van der Waals surface area contributed by atoms with Crippen molar-refractivity contribution in [3.63, 3.8) is 0 Å². The molecule has 0 aliphatic rings. The van der Waals surface area contributed by atoms with E-state index in [1.165, 1.54) is 7.11 Å². The molecule has 0 radical (unpaired) electrons. The average molecular weight is 241 g/mol. The van der Waals surface area contributed by atoms with E-state index in [1.54, 1.807) is 18.2 Å². The quantitative estimate of drug-likeness (QED) is 0.766. The molecular weight excluding hydrogens is 221 g/mol. The van der Waals surface area contributed by atoms with Gasteiger partial charge in [0.05, 0.1) is 7.11 Å². The first kappa shape index (κ1) is 13.9. The molecule has 1 atom stereocenters. The van der Waals surface area contributed by atoms with Crippen molar-refractivity contribution in [3.05, 3.63) is 29.6 Å². The van der Waals surface area contributed by atoms with E-state index in [0.717, 1.165) is 13.0 Å². The highest BCUT2D eigenvalue weighted by molar-refractivity contribution is 5.30. The molecular formula is C13H20FNO2. The number of hydrogen-bond donors (Lipinski definition) is 2. The lowest BCUT2D eigenvalue weighted by atomic mass is 10.1. The molecule has 1 unspecified atom stereocenters. The summed E-state index contributed by atoms with van der Waals surface area (Å²) in [6.07, 6.45) is 0.758. The molecule has 1 aromatic rings. The van der Waals surface area contributed by atoms with Gasteiger partial charge in [-0.05, 0) is 24.9 Å². The van der Waals surface area contributed by atoms with Crippen molar-refractivity contribution in [2.45, 2.75) is 19.9 Å². The lowest BCUT2D eigenvalue weighted by Gasteiger charge is -2.12. The third-order valence-corrected chi connectivity index (χ3v) is 2.69. The van der Waals surface area contributed by atoms with Crippen molar-refractivity contribution < 1.29 is 14.2 Å². The first-order chi connectivity index (χ1) is 8.19. The summed E-state index contributed by atoms with van der Waals surface area (Å²) in [5.74, 6) is 0.346. The normalized spacial score (nSPS) is 12.5. The predicted molar refractivity (Wildman–Crippen MR) is 65.5 cm³/mol. The topological polar surface area (TPSA) is 41.5 Å². The first-order valence-corrected chi connectivity index (χ1v) is 5.82. The van der Waals surface area contributed by atoms with Crippen LogP contribution in [0.1, 0.15) is 18.9 Å². The van der Waals surface area contributed by atoms with E-state index in [9.17, 15) is 4.39 Å². The van der Waals surface area contributed by atoms with Crippen molar-refractivity contribution in [2.24, 2.45) is 5.92 Å². The Morgan fingerprint density at radius 1 is 1.47 bits per heavy atom. The highest BCUT2D eigenvalue weighted by atomic mass is 19.1. The summed E-state index contributed by atoms with van der Waals surface area (Å²) in [6.45, 7) is 3.47. The molecule has 0 aromatic heterocycles. The number of hydrogen-bond acceptors (Lipinski definition) is 3. The highest BCUT2D eigenvalue weighted by Gasteiger charge is 2.08. The number of aliphatic hydroxyl groups is 1. The summed E-state index contributed by atoms with van der Waals surface area (Å²) >= 11 is 0. The van der Waals surface area contributed by atoms with Gasteiger partial charge in [-0.15, -0.1) is 0 Å². The number of methoxy groups -OCH3 is 1. The minimum absolute atomic E-state index is 0.191. The van der Waals surface area contributed by atoms with Crippen LogP contribution in [-0.4, -0.2) is 25.4 Å². The lowest BCUT2D eigenvalue weighted by molar-refractivity contribution is 0.260. The van der Waals surface area contributed by atoms with Crippen molar-refractivity contribution >= 4 is 0 Å². The number of ether oxygens (including phenoxy) is 1. The fraction of sp³-hybridized carbons (Fsp3) is 0.538. The second kappa shape index (κ2) is 7.25. The molecule has 17 heavy (non-hydrogen) atoms. The Balaban J connectivity index is 2.46. The van der Waals surface area contributed by atoms with Crippen LogP contribution in [0.2, 0.25) is 0 Å². The van der Waals surface area contributed by atoms with Crippen molar-refractivity contribution in [3.8, 4) is 5.75 Å². The molecule has 0 heterocycles. The molecule has 3 nitrogen and oxygen atoms in total. The van der Waals surface area contributed by atoms with Gasteiger partial charge >= 0.3 is 0 Å². The number of rotatable bonds is 7. The van der Waals surface area contributed by atoms with Crippen LogP contribution >= 0.6 is 0 Å². The molecule has 0 saturated carbocycles. The van der Waals surface area contributed by atoms with Gasteiger partial charge in [-0.2, -0.15) is 0 Å². The largest absolute Gasteiger partial charge is 0.494 e. The molecule has 1 aromatic carbocycles. The Morgan fingerprint density at radius 3 is 2.88 bits per heavy atom. The SMILES string of the molecule is COc1cccc(CNCC(C)CCO)c1F. The molecule has 0 fully saturated rings. The van der Waals surface area contributed by atoms with Crippen LogP contribution in [0, 0.1) is 11.7 Å². The fourth-order valence-electron chi connectivity index (χ4n) is 1.63. The van der Waals surface area contributed by atoms with Crippen LogP contribution in [0.5, 0.6) is 5.75 Å². The summed E-state index contributed by atoms with van der Waals surface area (Å²) < 4.78 is 18.7. The third kappa shape index (κ3) is 4.32. The van der Waals surface area contributed by atoms with Gasteiger partial charge in [0, 0.05) is 18.7 Å². The third-order valence-electron chi connectivity index (χ3n) is 2.69. The van der Waals surface area contributed by atoms with E-state index < -0.39 is 0 Å². The van der Waals surface area contributed by atoms with Crippen LogP contribution in [-0.2, 0) is 6.54 Å². The summed E-state index contributed by atoms with van der Waals surface area (Å²) in [6, 6.07) is 5.12. The minimum atomic E-state index is -0.308. The molecule has 4 heteroatoms. The maximum atomic E-state index is 13.7. The Hall–Kier alpha value is -1.13. The second-order valence-electron chi connectivity index (χ2n) is 4.18. The number of halogens is 1. The average Bonchev–Trinajstić information content (AvgIpc) is 2.32. The Labute approximate surface area is 102 Å². The van der Waals surface area contributed by atoms with Gasteiger partial charge in [-0.3, -0.25) is 0 Å². The fourth-order valence-corrected chi connectivity index (χ4v) is 1.63. The zero-order chi connectivity index (χ0) is 12.7. The van der Waals surface area contributed by atoms with Crippen LogP contribution in [0.25, 0.3) is 0 Å². The van der Waals surface area contributed by atoms with Gasteiger partial charge < -0.3 is 15.2 Å². The zero-order valence-electron chi connectivity index (χ0n) is 10.4. The molecule has 0 spiro atoms. The smallest absolute Gasteiger partial charge is 0.169 e. The molecule has 0 aliphatic heterocycles. The molecule has 0 aliphatic carbocycles. The number of nitrogens with one attached hydrogen (secondary N) is 1. The van der Waals surface area contributed by atoms with E-state index in [4.69, 9.17) is 9.84 Å². The Kier molecular flexibility index (Phi) is 5.94. The van der Waals surface area contributed by atoms with Crippen molar-refractivity contribution in [1.82, 2.24) is 5.32 Å². The maximum absolute atomic E-state index is 13.7. The molecule has 0 amide bonds. The van der Waals surface area contributed by atoms with E-state index in [-0.39, 0.29) is 18.2 Å². The van der Waals surface area contributed by atoms with Crippen LogP contribution < -0.4 is 10.1 Å². The molecule has 0 saturated heterocycles. The summed E-state index contributed by atoms with van der Waals surface area (Å²) in [4.78, 5) is 0. The Morgan fingerprint density at radius 2 is 2.24 bits per heavy atom. The highest BCUT2D eigenvalue weighted by Crippen LogP contribution is 2.19. The van der Waals surface area contributed by atoms with Crippen molar-refractivity contribution in [1.29, 1.82) is 0 Å². The zero-order valence-corrected chi connectivity index (χ0v) is 10.4. The van der Waals surface area contributed by atoms with E-state index in [1.807, 2.05) is 6.92 Å². The van der Waals surface area contributed by atoms with Gasteiger partial charge in [0.15, 0.2) is 11.6 Å². The van der Waals surface area contributed by atoms with E-state index in [2.05, 4.69) is 5.32 Å². The van der Waals surface area contributed by atoms with Crippen LogP contribution in [0.4, 0.5) is 4.39 Å². The van der Waals surface area contributed by atoms with Gasteiger partial charge in [-0.25, -0.2) is 4.39 Å². The second-order valence-corrected chi connectivity index (χ2v) is 4.18. The molecule has 2 N–H and O–H groups in total. The van der Waals surface area contributed by atoms with Crippen LogP contribution in [0.3, 0.4) is 0 Å². The number of aliphatic hydroxyl groups excluding tert-OH is 1. The minimum Gasteiger partial charge on any atom is -0.494 e. The monoisotopic (exact) mass is 241 g/mol. The lowest BCUT2D eigenvalue weighted by Crippen LogP contribution is -2.22. The Bertz CT molecular complexity index is 344. The first-order valence-electron chi connectivity index (χ1n) is 5.82. The molecule has 1 rings (SSSR count). The standard InChI is InChI=1S/C13H20FNO2/c1-10(6-7-16)8-15-9-11-4-3-5-12(17-2)13(11)14/h3-5,10,15-16H,6-9H2,1-2H3. The van der Waals surface area contributed by atoms with E-state index >= 15 is 0 Å². The molecule has 96 valence electrons. The predicted octanol–water partition coefficient (Wildman–Crippen LogP) is 1.94. The summed E-state index contributed by atoms with van der Waals surface area (Å²) in [7, 11) is 1.46.